The zero-order chi connectivity index (χ0) is 18.5. The first kappa shape index (κ1) is 18.0. The molecule has 1 heterocycles. The number of benzene rings is 2. The van der Waals surface area contributed by atoms with E-state index in [1.807, 2.05) is 19.1 Å². The van der Waals surface area contributed by atoms with Crippen LogP contribution in [0.5, 0.6) is 0 Å². The van der Waals surface area contributed by atoms with Gasteiger partial charge < -0.3 is 5.32 Å². The highest BCUT2D eigenvalue weighted by atomic mass is 35.5. The van der Waals surface area contributed by atoms with Crippen LogP contribution in [0.2, 0.25) is 5.02 Å². The minimum atomic E-state index is -0.302. The van der Waals surface area contributed by atoms with Gasteiger partial charge in [-0.05, 0) is 48.4 Å². The number of nitrogens with zero attached hydrogens (tertiary/aromatic N) is 2. The highest BCUT2D eigenvalue weighted by Crippen LogP contribution is 2.20. The van der Waals surface area contributed by atoms with Crippen molar-refractivity contribution in [2.45, 2.75) is 19.8 Å². The maximum absolute atomic E-state index is 13.1. The Labute approximate surface area is 156 Å². The Hall–Kier alpha value is -2.79. The summed E-state index contributed by atoms with van der Waals surface area (Å²) in [7, 11) is 0. The van der Waals surface area contributed by atoms with Crippen LogP contribution in [0, 0.1) is 5.82 Å². The second-order valence-electron chi connectivity index (χ2n) is 5.76. The predicted molar refractivity (Wildman–Crippen MR) is 101 cm³/mol. The molecule has 4 nitrogen and oxygen atoms in total. The van der Waals surface area contributed by atoms with Gasteiger partial charge in [-0.1, -0.05) is 30.7 Å². The van der Waals surface area contributed by atoms with Crippen molar-refractivity contribution in [2.24, 2.45) is 0 Å². The summed E-state index contributed by atoms with van der Waals surface area (Å²) in [5.74, 6) is -0.0355. The molecule has 6 heteroatoms. The Morgan fingerprint density at radius 3 is 2.46 bits per heavy atom. The van der Waals surface area contributed by atoms with Crippen molar-refractivity contribution < 1.29 is 9.18 Å². The summed E-state index contributed by atoms with van der Waals surface area (Å²) in [4.78, 5) is 21.2. The average Bonchev–Trinajstić information content (AvgIpc) is 2.64. The van der Waals surface area contributed by atoms with E-state index in [-0.39, 0.29) is 18.1 Å². The van der Waals surface area contributed by atoms with E-state index in [9.17, 15) is 9.18 Å². The molecule has 1 amide bonds. The van der Waals surface area contributed by atoms with E-state index in [0.717, 1.165) is 11.1 Å². The van der Waals surface area contributed by atoms with Crippen molar-refractivity contribution >= 4 is 23.3 Å². The molecule has 1 aromatic heterocycles. The molecule has 3 rings (SSSR count). The number of amides is 1. The van der Waals surface area contributed by atoms with E-state index in [2.05, 4.69) is 15.3 Å². The van der Waals surface area contributed by atoms with Crippen molar-refractivity contribution in [1.82, 2.24) is 9.97 Å². The monoisotopic (exact) mass is 369 g/mol. The van der Waals surface area contributed by atoms with E-state index in [0.29, 0.717) is 28.6 Å². The van der Waals surface area contributed by atoms with Crippen LogP contribution >= 0.6 is 11.6 Å². The number of halogens is 2. The highest BCUT2D eigenvalue weighted by Gasteiger charge is 2.11. The molecule has 132 valence electrons. The number of anilines is 1. The van der Waals surface area contributed by atoms with Crippen LogP contribution in [0.3, 0.4) is 0 Å². The van der Waals surface area contributed by atoms with Crippen LogP contribution in [0.4, 0.5) is 10.2 Å². The summed E-state index contributed by atoms with van der Waals surface area (Å²) in [5.41, 5.74) is 2.95. The van der Waals surface area contributed by atoms with E-state index in [4.69, 9.17) is 11.6 Å². The summed E-state index contributed by atoms with van der Waals surface area (Å²) in [5, 5.41) is 3.44. The number of hydrogen-bond donors (Lipinski definition) is 1. The van der Waals surface area contributed by atoms with Crippen molar-refractivity contribution in [3.63, 3.8) is 0 Å². The first-order valence-corrected chi connectivity index (χ1v) is 8.59. The summed E-state index contributed by atoms with van der Waals surface area (Å²) in [6.07, 6.45) is 2.41. The molecule has 1 N–H and O–H groups in total. The third-order valence-corrected chi connectivity index (χ3v) is 4.11. The summed E-state index contributed by atoms with van der Waals surface area (Å²) in [6, 6.07) is 13.2. The first-order chi connectivity index (χ1) is 12.5. The van der Waals surface area contributed by atoms with E-state index in [1.54, 1.807) is 30.5 Å². The maximum Gasteiger partial charge on any atom is 0.229 e. The predicted octanol–water partition coefficient (Wildman–Crippen LogP) is 4.68. The largest absolute Gasteiger partial charge is 0.309 e. The molecule has 0 aliphatic carbocycles. The van der Waals surface area contributed by atoms with Gasteiger partial charge in [0.1, 0.15) is 5.82 Å². The molecule has 0 saturated carbocycles. The third-order valence-electron chi connectivity index (χ3n) is 3.86. The normalized spacial score (nSPS) is 10.6. The standard InChI is InChI=1S/C20H17ClFN3O/c1-2-17-20(25-19(26)11-13-3-7-15(21)8-4-13)23-12-18(24-17)14-5-9-16(22)10-6-14/h3-10,12H,2,11H2,1H3,(H,23,25,26). The molecule has 0 radical (unpaired) electrons. The maximum atomic E-state index is 13.1. The van der Waals surface area contributed by atoms with Gasteiger partial charge in [0.2, 0.25) is 5.91 Å². The van der Waals surface area contributed by atoms with E-state index in [1.165, 1.54) is 12.1 Å². The number of aryl methyl sites for hydroxylation is 1. The van der Waals surface area contributed by atoms with E-state index >= 15 is 0 Å². The lowest BCUT2D eigenvalue weighted by Crippen LogP contribution is -2.17. The molecule has 0 aliphatic rings. The lowest BCUT2D eigenvalue weighted by atomic mass is 10.1. The molecule has 0 atom stereocenters. The van der Waals surface area contributed by atoms with Crippen LogP contribution in [0.1, 0.15) is 18.2 Å². The van der Waals surface area contributed by atoms with Crippen molar-refractivity contribution in [2.75, 3.05) is 5.32 Å². The smallest absolute Gasteiger partial charge is 0.229 e. The zero-order valence-electron chi connectivity index (χ0n) is 14.2. The number of aromatic nitrogens is 2. The zero-order valence-corrected chi connectivity index (χ0v) is 14.9. The van der Waals surface area contributed by atoms with Gasteiger partial charge in [-0.3, -0.25) is 4.79 Å². The molecule has 0 aliphatic heterocycles. The molecule has 2 aromatic carbocycles. The number of rotatable bonds is 5. The minimum absolute atomic E-state index is 0.175. The molecule has 0 saturated heterocycles. The number of hydrogen-bond acceptors (Lipinski definition) is 3. The quantitative estimate of drug-likeness (QED) is 0.710. The highest BCUT2D eigenvalue weighted by molar-refractivity contribution is 6.30. The van der Waals surface area contributed by atoms with Gasteiger partial charge in [0.05, 0.1) is 24.0 Å². The van der Waals surface area contributed by atoms with Crippen LogP contribution in [0.25, 0.3) is 11.3 Å². The molecule has 0 fully saturated rings. The van der Waals surface area contributed by atoms with Gasteiger partial charge in [0.25, 0.3) is 0 Å². The van der Waals surface area contributed by atoms with Gasteiger partial charge >= 0.3 is 0 Å². The fourth-order valence-electron chi connectivity index (χ4n) is 2.50. The van der Waals surface area contributed by atoms with Gasteiger partial charge in [-0.15, -0.1) is 0 Å². The SMILES string of the molecule is CCc1nc(-c2ccc(F)cc2)cnc1NC(=O)Cc1ccc(Cl)cc1. The Bertz CT molecular complexity index is 911. The fraction of sp³-hybridized carbons (Fsp3) is 0.150. The van der Waals surface area contributed by atoms with Crippen molar-refractivity contribution in [3.8, 4) is 11.3 Å². The average molecular weight is 370 g/mol. The minimum Gasteiger partial charge on any atom is -0.309 e. The Kier molecular flexibility index (Phi) is 5.58. The molecule has 3 aromatic rings. The van der Waals surface area contributed by atoms with Crippen LogP contribution in [0.15, 0.2) is 54.7 Å². The fourth-order valence-corrected chi connectivity index (χ4v) is 2.63. The molecule has 0 bridgehead atoms. The van der Waals surface area contributed by atoms with E-state index < -0.39 is 0 Å². The van der Waals surface area contributed by atoms with Gasteiger partial charge in [0.15, 0.2) is 5.82 Å². The molecular weight excluding hydrogens is 353 g/mol. The van der Waals surface area contributed by atoms with Gasteiger partial charge in [-0.2, -0.15) is 0 Å². The van der Waals surface area contributed by atoms with Crippen LogP contribution in [-0.4, -0.2) is 15.9 Å². The number of carbonyl (C=O) groups is 1. The first-order valence-electron chi connectivity index (χ1n) is 8.21. The number of carbonyl (C=O) groups excluding carboxylic acids is 1. The Morgan fingerprint density at radius 2 is 1.81 bits per heavy atom. The van der Waals surface area contributed by atoms with Crippen molar-refractivity contribution in [3.05, 3.63) is 76.8 Å². The van der Waals surface area contributed by atoms with Gasteiger partial charge in [-0.25, -0.2) is 14.4 Å². The lowest BCUT2D eigenvalue weighted by molar-refractivity contribution is -0.115. The van der Waals surface area contributed by atoms with Gasteiger partial charge in [0, 0.05) is 10.6 Å². The Balaban J connectivity index is 1.76. The van der Waals surface area contributed by atoms with Crippen molar-refractivity contribution in [1.29, 1.82) is 0 Å². The Morgan fingerprint density at radius 1 is 1.12 bits per heavy atom. The molecule has 0 unspecified atom stereocenters. The number of nitrogens with one attached hydrogen (secondary N) is 1. The summed E-state index contributed by atoms with van der Waals surface area (Å²) >= 11 is 5.85. The second-order valence-corrected chi connectivity index (χ2v) is 6.20. The topological polar surface area (TPSA) is 54.9 Å². The third kappa shape index (κ3) is 4.43. The summed E-state index contributed by atoms with van der Waals surface area (Å²) < 4.78 is 13.1. The second kappa shape index (κ2) is 8.06. The molecule has 0 spiro atoms. The molecular formula is C20H17ClFN3O. The molecule has 26 heavy (non-hydrogen) atoms. The summed E-state index contributed by atoms with van der Waals surface area (Å²) in [6.45, 7) is 1.94. The van der Waals surface area contributed by atoms with Crippen LogP contribution < -0.4 is 5.32 Å². The van der Waals surface area contributed by atoms with Crippen LogP contribution in [-0.2, 0) is 17.6 Å². The lowest BCUT2D eigenvalue weighted by Gasteiger charge is -2.10.